The van der Waals surface area contributed by atoms with Crippen molar-refractivity contribution in [2.24, 2.45) is 35.5 Å². The molecule has 5 saturated heterocycles. The summed E-state index contributed by atoms with van der Waals surface area (Å²) < 4.78 is 39.4. The van der Waals surface area contributed by atoms with Gasteiger partial charge in [0.2, 0.25) is 0 Å². The summed E-state index contributed by atoms with van der Waals surface area (Å²) in [4.78, 5) is 11.8. The van der Waals surface area contributed by atoms with Crippen LogP contribution in [0, 0.1) is 35.5 Å². The van der Waals surface area contributed by atoms with E-state index < -0.39 is 59.6 Å². The van der Waals surface area contributed by atoms with Crippen molar-refractivity contribution in [2.45, 2.75) is 172 Å². The summed E-state index contributed by atoms with van der Waals surface area (Å²) in [5.41, 5.74) is -1.15. The zero-order valence-electron chi connectivity index (χ0n) is 31.0. The third kappa shape index (κ3) is 7.33. The maximum absolute atomic E-state index is 11.8. The molecule has 0 amide bonds. The molecule has 11 nitrogen and oxygen atoms in total. The Morgan fingerprint density at radius 3 is 2.31 bits per heavy atom. The second kappa shape index (κ2) is 15.2. The molecule has 0 bridgehead atoms. The maximum Gasteiger partial charge on any atom is 1.00 e. The maximum atomic E-state index is 11.8. The second-order valence-corrected chi connectivity index (χ2v) is 16.3. The molecule has 4 N–H and O–H groups in total. The van der Waals surface area contributed by atoms with Gasteiger partial charge in [-0.05, 0) is 64.2 Å². The molecule has 5 rings (SSSR count). The molecule has 0 radical (unpaired) electrons. The normalized spacial score (nSPS) is 49.8. The largest absolute Gasteiger partial charge is 1.00 e. The number of carboxylic acids is 1. The Morgan fingerprint density at radius 1 is 1.02 bits per heavy atom. The molecule has 5 heterocycles. The predicted molar refractivity (Wildman–Crippen MR) is 172 cm³/mol. The summed E-state index contributed by atoms with van der Waals surface area (Å²) in [7, 11) is 1.52. The summed E-state index contributed by atoms with van der Waals surface area (Å²) in [6, 6.07) is 0. The number of rotatable bonds is 10. The molecule has 0 aliphatic carbocycles. The minimum Gasteiger partial charge on any atom is -0.481 e. The molecule has 48 heavy (non-hydrogen) atoms. The van der Waals surface area contributed by atoms with Gasteiger partial charge in [-0.15, -0.1) is 0 Å². The van der Waals surface area contributed by atoms with E-state index in [1.807, 2.05) is 20.8 Å². The number of carboxylic acid groups (broad SMARTS) is 1. The standard InChI is InChI=1S/C36H62O11.Na/c1-10-34(31-20(3)16-26(43-31)28-19(2)15-21(4)36(41,18-37)46-28)12-11-27(44-34)33(8)13-14-35(47-33)17-25(38)22(5)30(45-35)23(6)29(42-9)24(7)32(39)40;/h19-31,37-38,41H,10-18H2,1-9H3,(H,39,40);/q;+1/t19-,20-,21+,22+,23-,24-,25-,26+,27+,28-,29+,30-,31+,33-,34-,35+,36-;/m0./s1. The second-order valence-electron chi connectivity index (χ2n) is 16.3. The van der Waals surface area contributed by atoms with Crippen LogP contribution in [-0.4, -0.2) is 106 Å². The first-order valence-corrected chi connectivity index (χ1v) is 18.1. The molecule has 0 unspecified atom stereocenters. The number of hydrogen-bond acceptors (Lipinski definition) is 10. The van der Waals surface area contributed by atoms with Gasteiger partial charge in [-0.3, -0.25) is 4.79 Å². The fourth-order valence-electron chi connectivity index (χ4n) is 9.91. The molecule has 0 aromatic carbocycles. The van der Waals surface area contributed by atoms with Gasteiger partial charge in [0, 0.05) is 37.7 Å². The number of aliphatic hydroxyl groups is 3. The molecule has 5 aliphatic heterocycles. The van der Waals surface area contributed by atoms with E-state index in [0.29, 0.717) is 19.3 Å². The SMILES string of the molecule is CC[C@@]1([C@@H]2O[C@@H]([C@H]3O[C@@](O)(CO)[C@H](C)C[C@@H]3C)C[C@@H]2C)CC[C@H]([C@]2(C)CC[C@]3(C[C@H](O)[C@@H](C)[C@@H]([C@@H](C)[C@@H](OC)[C@H](C)C(=O)O)O3)O2)O1.[Na+]. The van der Waals surface area contributed by atoms with E-state index >= 15 is 0 Å². The van der Waals surface area contributed by atoms with E-state index in [-0.39, 0.29) is 83.6 Å². The molecule has 17 atom stereocenters. The minimum atomic E-state index is -1.56. The van der Waals surface area contributed by atoms with Crippen molar-refractivity contribution in [1.29, 1.82) is 0 Å². The van der Waals surface area contributed by atoms with Crippen molar-refractivity contribution < 1.29 is 83.2 Å². The molecular weight excluding hydrogens is 631 g/mol. The molecule has 5 fully saturated rings. The van der Waals surface area contributed by atoms with E-state index in [9.17, 15) is 25.2 Å². The molecule has 0 saturated carbocycles. The van der Waals surface area contributed by atoms with Crippen LogP contribution in [0.15, 0.2) is 0 Å². The minimum absolute atomic E-state index is 0. The van der Waals surface area contributed by atoms with Gasteiger partial charge >= 0.3 is 35.5 Å². The molecule has 12 heteroatoms. The van der Waals surface area contributed by atoms with Crippen LogP contribution in [0.2, 0.25) is 0 Å². The number of aliphatic hydroxyl groups excluding tert-OH is 2. The smallest absolute Gasteiger partial charge is 0.481 e. The Balaban J connectivity index is 0.00000520. The Bertz CT molecular complexity index is 1110. The summed E-state index contributed by atoms with van der Waals surface area (Å²) >= 11 is 0. The van der Waals surface area contributed by atoms with Crippen LogP contribution in [0.25, 0.3) is 0 Å². The third-order valence-electron chi connectivity index (χ3n) is 13.0. The van der Waals surface area contributed by atoms with Gasteiger partial charge in [0.1, 0.15) is 0 Å². The van der Waals surface area contributed by atoms with Crippen molar-refractivity contribution in [2.75, 3.05) is 13.7 Å². The average molecular weight is 694 g/mol. The number of aliphatic carboxylic acids is 1. The summed E-state index contributed by atoms with van der Waals surface area (Å²) in [5, 5.41) is 41.8. The number of hydrogen-bond donors (Lipinski definition) is 4. The van der Waals surface area contributed by atoms with Crippen molar-refractivity contribution >= 4 is 5.97 Å². The van der Waals surface area contributed by atoms with Gasteiger partial charge < -0.3 is 48.8 Å². The first kappa shape index (κ1) is 40.9. The van der Waals surface area contributed by atoms with Crippen molar-refractivity contribution in [3.8, 4) is 0 Å². The van der Waals surface area contributed by atoms with E-state index in [2.05, 4.69) is 27.7 Å². The van der Waals surface area contributed by atoms with Crippen molar-refractivity contribution in [3.63, 3.8) is 0 Å². The molecule has 0 aromatic heterocycles. The number of ether oxygens (including phenoxy) is 6. The van der Waals surface area contributed by atoms with Gasteiger partial charge in [-0.1, -0.05) is 41.5 Å². The topological polar surface area (TPSA) is 153 Å². The summed E-state index contributed by atoms with van der Waals surface area (Å²) in [5.74, 6) is -4.52. The number of carbonyl (C=O) groups is 1. The van der Waals surface area contributed by atoms with Crippen LogP contribution in [0.4, 0.5) is 0 Å². The molecule has 0 aromatic rings. The van der Waals surface area contributed by atoms with Crippen LogP contribution >= 0.6 is 0 Å². The Morgan fingerprint density at radius 2 is 1.71 bits per heavy atom. The molecule has 5 aliphatic rings. The van der Waals surface area contributed by atoms with Gasteiger partial charge in [0.25, 0.3) is 0 Å². The summed E-state index contributed by atoms with van der Waals surface area (Å²) in [6.07, 6.45) is 2.99. The van der Waals surface area contributed by atoms with Crippen molar-refractivity contribution in [3.05, 3.63) is 0 Å². The first-order valence-electron chi connectivity index (χ1n) is 18.1. The molecular formula is C36H62NaO11+. The van der Waals surface area contributed by atoms with Crippen LogP contribution in [0.5, 0.6) is 0 Å². The van der Waals surface area contributed by atoms with Crippen LogP contribution in [0.1, 0.15) is 107 Å². The third-order valence-corrected chi connectivity index (χ3v) is 13.0. The zero-order chi connectivity index (χ0) is 34.7. The molecule has 272 valence electrons. The Kier molecular flexibility index (Phi) is 13.0. The van der Waals surface area contributed by atoms with Crippen LogP contribution < -0.4 is 29.6 Å². The van der Waals surface area contributed by atoms with Crippen LogP contribution in [0.3, 0.4) is 0 Å². The van der Waals surface area contributed by atoms with E-state index in [1.54, 1.807) is 6.92 Å². The van der Waals surface area contributed by atoms with Gasteiger partial charge in [0.05, 0.1) is 66.5 Å². The molecule has 1 spiro atoms. The van der Waals surface area contributed by atoms with Gasteiger partial charge in [0.15, 0.2) is 11.6 Å². The van der Waals surface area contributed by atoms with Crippen molar-refractivity contribution in [1.82, 2.24) is 0 Å². The van der Waals surface area contributed by atoms with Gasteiger partial charge in [-0.2, -0.15) is 0 Å². The monoisotopic (exact) mass is 693 g/mol. The van der Waals surface area contributed by atoms with Crippen LogP contribution in [-0.2, 0) is 33.2 Å². The number of methoxy groups -OCH3 is 1. The van der Waals surface area contributed by atoms with E-state index in [0.717, 1.165) is 32.1 Å². The van der Waals surface area contributed by atoms with Gasteiger partial charge in [-0.25, -0.2) is 0 Å². The Labute approximate surface area is 309 Å². The van der Waals surface area contributed by atoms with E-state index in [4.69, 9.17) is 28.4 Å². The quantitative estimate of drug-likeness (QED) is 0.245. The zero-order valence-corrected chi connectivity index (χ0v) is 33.0. The average Bonchev–Trinajstić information content (AvgIpc) is 3.73. The fourth-order valence-corrected chi connectivity index (χ4v) is 9.91. The first-order chi connectivity index (χ1) is 22.0. The van der Waals surface area contributed by atoms with E-state index in [1.165, 1.54) is 7.11 Å². The summed E-state index contributed by atoms with van der Waals surface area (Å²) in [6.45, 7) is 15.6. The predicted octanol–water partition coefficient (Wildman–Crippen LogP) is 1.28. The fraction of sp³-hybridized carbons (Fsp3) is 0.972. The Hall–Kier alpha value is 0.110.